The summed E-state index contributed by atoms with van der Waals surface area (Å²) < 4.78 is 22.2. The van der Waals surface area contributed by atoms with Crippen LogP contribution in [-0.2, 0) is 11.3 Å². The Morgan fingerprint density at radius 2 is 1.82 bits per heavy atom. The number of carbonyl (C=O) groups is 1. The van der Waals surface area contributed by atoms with Gasteiger partial charge >= 0.3 is 0 Å². The average Bonchev–Trinajstić information content (AvgIpc) is 3.52. The molecular formula is C24H22ClN3O5S. The molecule has 0 spiro atoms. The highest BCUT2D eigenvalue weighted by molar-refractivity contribution is 7.99. The lowest BCUT2D eigenvalue weighted by atomic mass is 10.2. The van der Waals surface area contributed by atoms with Crippen LogP contribution in [0.15, 0.2) is 68.7 Å². The Morgan fingerprint density at radius 1 is 1.03 bits per heavy atom. The molecule has 8 nitrogen and oxygen atoms in total. The second kappa shape index (κ2) is 10.7. The second-order valence-corrected chi connectivity index (χ2v) is 8.61. The first-order chi connectivity index (χ1) is 16.5. The third kappa shape index (κ3) is 5.55. The van der Waals surface area contributed by atoms with Crippen LogP contribution in [0.25, 0.3) is 22.8 Å². The molecule has 0 unspecified atom stereocenters. The van der Waals surface area contributed by atoms with Crippen LogP contribution in [0.1, 0.15) is 5.76 Å². The topological polar surface area (TPSA) is 90.8 Å². The Bertz CT molecular complexity index is 1270. The number of benzene rings is 2. The first-order valence-corrected chi connectivity index (χ1v) is 11.6. The van der Waals surface area contributed by atoms with Crippen molar-refractivity contribution in [1.29, 1.82) is 0 Å². The van der Waals surface area contributed by atoms with E-state index >= 15 is 0 Å². The molecule has 0 saturated heterocycles. The van der Waals surface area contributed by atoms with Gasteiger partial charge in [-0.05, 0) is 48.5 Å². The van der Waals surface area contributed by atoms with Crippen molar-refractivity contribution in [2.45, 2.75) is 11.8 Å². The number of methoxy groups -OCH3 is 2. The molecule has 4 rings (SSSR count). The van der Waals surface area contributed by atoms with E-state index in [4.69, 9.17) is 29.9 Å². The van der Waals surface area contributed by atoms with Crippen LogP contribution in [-0.4, -0.2) is 48.0 Å². The Morgan fingerprint density at radius 3 is 2.56 bits per heavy atom. The number of furan rings is 1. The molecule has 34 heavy (non-hydrogen) atoms. The van der Waals surface area contributed by atoms with E-state index in [1.807, 2.05) is 24.3 Å². The summed E-state index contributed by atoms with van der Waals surface area (Å²) in [6, 6.07) is 16.4. The smallest absolute Gasteiger partial charge is 0.277 e. The minimum atomic E-state index is -0.101. The number of hydrogen-bond acceptors (Lipinski definition) is 8. The molecule has 0 radical (unpaired) electrons. The average molecular weight is 500 g/mol. The normalized spacial score (nSPS) is 10.8. The highest BCUT2D eigenvalue weighted by Crippen LogP contribution is 2.33. The lowest BCUT2D eigenvalue weighted by Gasteiger charge is -2.14. The highest BCUT2D eigenvalue weighted by Gasteiger charge is 2.18. The van der Waals surface area contributed by atoms with Crippen LogP contribution in [0.5, 0.6) is 11.5 Å². The molecule has 0 aliphatic rings. The zero-order valence-electron chi connectivity index (χ0n) is 18.8. The summed E-state index contributed by atoms with van der Waals surface area (Å²) in [5.41, 5.74) is 1.56. The molecule has 1 amide bonds. The van der Waals surface area contributed by atoms with Gasteiger partial charge in [0.05, 0.1) is 32.1 Å². The van der Waals surface area contributed by atoms with Crippen molar-refractivity contribution in [2.75, 3.05) is 27.0 Å². The summed E-state index contributed by atoms with van der Waals surface area (Å²) >= 11 is 7.10. The van der Waals surface area contributed by atoms with Gasteiger partial charge in [-0.2, -0.15) is 0 Å². The number of ether oxygens (including phenoxy) is 2. The molecule has 176 valence electrons. The molecule has 2 aromatic heterocycles. The van der Waals surface area contributed by atoms with E-state index in [-0.39, 0.29) is 16.9 Å². The number of hydrogen-bond donors (Lipinski definition) is 0. The number of halogens is 1. The Kier molecular flexibility index (Phi) is 7.44. The van der Waals surface area contributed by atoms with Crippen LogP contribution >= 0.6 is 23.4 Å². The van der Waals surface area contributed by atoms with Gasteiger partial charge in [0, 0.05) is 23.7 Å². The first kappa shape index (κ1) is 23.7. The summed E-state index contributed by atoms with van der Waals surface area (Å²) in [7, 11) is 4.85. The maximum absolute atomic E-state index is 12.6. The standard InChI is InChI=1S/C24H22ClN3O5S/c1-28(13-18-9-11-20(32-18)15-4-6-16(25)7-5-15)22(29)14-34-24-27-26-23(33-24)19-10-8-17(30-2)12-21(19)31-3/h4-12H,13-14H2,1-3H3. The van der Waals surface area contributed by atoms with Crippen LogP contribution in [0.3, 0.4) is 0 Å². The van der Waals surface area contributed by atoms with Gasteiger partial charge in [-0.25, -0.2) is 0 Å². The largest absolute Gasteiger partial charge is 0.497 e. The van der Waals surface area contributed by atoms with E-state index < -0.39 is 0 Å². The zero-order valence-corrected chi connectivity index (χ0v) is 20.4. The van der Waals surface area contributed by atoms with Gasteiger partial charge in [-0.1, -0.05) is 23.4 Å². The number of amides is 1. The fourth-order valence-electron chi connectivity index (χ4n) is 3.14. The van der Waals surface area contributed by atoms with Crippen molar-refractivity contribution >= 4 is 29.3 Å². The van der Waals surface area contributed by atoms with E-state index in [1.54, 1.807) is 56.5 Å². The van der Waals surface area contributed by atoms with Gasteiger partial charge in [0.15, 0.2) is 0 Å². The fraction of sp³-hybridized carbons (Fsp3) is 0.208. The second-order valence-electron chi connectivity index (χ2n) is 7.25. The number of nitrogens with zero attached hydrogens (tertiary/aromatic N) is 3. The Balaban J connectivity index is 1.34. The molecule has 0 aliphatic carbocycles. The zero-order chi connectivity index (χ0) is 24.1. The molecule has 2 heterocycles. The van der Waals surface area contributed by atoms with E-state index in [1.165, 1.54) is 11.8 Å². The third-order valence-corrected chi connectivity index (χ3v) is 6.03. The van der Waals surface area contributed by atoms with E-state index in [9.17, 15) is 4.79 Å². The van der Waals surface area contributed by atoms with Crippen LogP contribution in [0.2, 0.25) is 5.02 Å². The molecule has 0 fully saturated rings. The predicted molar refractivity (Wildman–Crippen MR) is 129 cm³/mol. The summed E-state index contributed by atoms with van der Waals surface area (Å²) in [4.78, 5) is 14.2. The van der Waals surface area contributed by atoms with Gasteiger partial charge in [0.25, 0.3) is 11.1 Å². The van der Waals surface area contributed by atoms with Crippen molar-refractivity contribution in [3.8, 4) is 34.3 Å². The number of rotatable bonds is 9. The van der Waals surface area contributed by atoms with E-state index in [2.05, 4.69) is 10.2 Å². The number of aromatic nitrogens is 2. The molecule has 0 atom stereocenters. The Hall–Kier alpha value is -3.43. The lowest BCUT2D eigenvalue weighted by Crippen LogP contribution is -2.27. The van der Waals surface area contributed by atoms with E-state index in [0.29, 0.717) is 46.0 Å². The quantitative estimate of drug-likeness (QED) is 0.282. The summed E-state index contributed by atoms with van der Waals surface area (Å²) in [5.74, 6) is 2.94. The van der Waals surface area contributed by atoms with Crippen LogP contribution in [0, 0.1) is 0 Å². The van der Waals surface area contributed by atoms with Crippen molar-refractivity contribution in [3.05, 3.63) is 65.4 Å². The van der Waals surface area contributed by atoms with Crippen molar-refractivity contribution in [1.82, 2.24) is 15.1 Å². The minimum absolute atomic E-state index is 0.101. The fourth-order valence-corrected chi connectivity index (χ4v) is 3.97. The van der Waals surface area contributed by atoms with E-state index in [0.717, 1.165) is 5.56 Å². The molecule has 0 N–H and O–H groups in total. The first-order valence-electron chi connectivity index (χ1n) is 10.2. The van der Waals surface area contributed by atoms with Gasteiger partial charge in [-0.15, -0.1) is 10.2 Å². The maximum atomic E-state index is 12.6. The number of carbonyl (C=O) groups excluding carboxylic acids is 1. The molecule has 10 heteroatoms. The third-order valence-electron chi connectivity index (χ3n) is 4.97. The van der Waals surface area contributed by atoms with Gasteiger partial charge in [-0.3, -0.25) is 4.79 Å². The van der Waals surface area contributed by atoms with Gasteiger partial charge in [0.2, 0.25) is 5.91 Å². The monoisotopic (exact) mass is 499 g/mol. The SMILES string of the molecule is COc1ccc(-c2nnc(SCC(=O)N(C)Cc3ccc(-c4ccc(Cl)cc4)o3)o2)c(OC)c1. The molecule has 0 saturated carbocycles. The van der Waals surface area contributed by atoms with Crippen LogP contribution in [0.4, 0.5) is 0 Å². The maximum Gasteiger partial charge on any atom is 0.277 e. The molecule has 0 bridgehead atoms. The lowest BCUT2D eigenvalue weighted by molar-refractivity contribution is -0.127. The molecule has 4 aromatic rings. The van der Waals surface area contributed by atoms with Gasteiger partial charge < -0.3 is 23.2 Å². The Labute approximate surface area is 205 Å². The molecular weight excluding hydrogens is 478 g/mol. The summed E-state index contributed by atoms with van der Waals surface area (Å²) in [5, 5.41) is 9.05. The van der Waals surface area contributed by atoms with Crippen molar-refractivity contribution < 1.29 is 23.1 Å². The highest BCUT2D eigenvalue weighted by atomic mass is 35.5. The molecule has 2 aromatic carbocycles. The molecule has 0 aliphatic heterocycles. The minimum Gasteiger partial charge on any atom is -0.497 e. The van der Waals surface area contributed by atoms with Crippen molar-refractivity contribution in [2.24, 2.45) is 0 Å². The van der Waals surface area contributed by atoms with Crippen LogP contribution < -0.4 is 9.47 Å². The predicted octanol–water partition coefficient (Wildman–Crippen LogP) is 5.42. The summed E-state index contributed by atoms with van der Waals surface area (Å²) in [6.07, 6.45) is 0. The number of thioether (sulfide) groups is 1. The van der Waals surface area contributed by atoms with Crippen molar-refractivity contribution in [3.63, 3.8) is 0 Å². The van der Waals surface area contributed by atoms with Gasteiger partial charge in [0.1, 0.15) is 23.0 Å². The summed E-state index contributed by atoms with van der Waals surface area (Å²) in [6.45, 7) is 0.338.